The first-order valence-corrected chi connectivity index (χ1v) is 20.8. The van der Waals surface area contributed by atoms with E-state index in [1.807, 2.05) is 97.1 Å². The van der Waals surface area contributed by atoms with E-state index in [9.17, 15) is 5.26 Å². The fourth-order valence-corrected chi connectivity index (χ4v) is 8.45. The van der Waals surface area contributed by atoms with E-state index in [0.717, 1.165) is 60.7 Å². The van der Waals surface area contributed by atoms with Crippen molar-refractivity contribution in [3.05, 3.63) is 186 Å². The SMILES string of the molecule is [2H]C([2H])([2H])c1cccc2nc(-c3[c-]ccc4c3oc3cc5c(cc34)oc3cc(C#N)ccc35)n(-c3c(C(C)C)cc(-c4ccccc4)cc3C(C)C)c12.[Ir].[c-]1ccccc1-c1ccccn1. The van der Waals surface area contributed by atoms with Crippen molar-refractivity contribution in [3.63, 3.8) is 0 Å². The molecule has 0 aliphatic heterocycles. The molecule has 11 rings (SSSR count). The number of hydrogen-bond acceptors (Lipinski definition) is 5. The van der Waals surface area contributed by atoms with Crippen LogP contribution in [0.25, 0.3) is 94.4 Å². The van der Waals surface area contributed by atoms with E-state index < -0.39 is 6.85 Å². The Kier molecular flexibility index (Phi) is 10.1. The van der Waals surface area contributed by atoms with Crippen LogP contribution >= 0.6 is 0 Å². The molecule has 1 radical (unpaired) electrons. The summed E-state index contributed by atoms with van der Waals surface area (Å²) in [7, 11) is 0. The third-order valence-corrected chi connectivity index (χ3v) is 11.4. The van der Waals surface area contributed by atoms with Gasteiger partial charge in [-0.25, -0.2) is 0 Å². The molecule has 63 heavy (non-hydrogen) atoms. The Morgan fingerprint density at radius 1 is 0.667 bits per heavy atom. The molecule has 0 aliphatic carbocycles. The molecule has 0 unspecified atom stereocenters. The minimum atomic E-state index is -2.39. The molecule has 0 aliphatic rings. The molecule has 4 heterocycles. The fourth-order valence-electron chi connectivity index (χ4n) is 8.45. The number of imidazole rings is 1. The average Bonchev–Trinajstić information content (AvgIpc) is 4.01. The minimum Gasteiger partial charge on any atom is -0.501 e. The third-order valence-electron chi connectivity index (χ3n) is 11.4. The summed E-state index contributed by atoms with van der Waals surface area (Å²) in [6.45, 7) is 6.30. The average molecular weight is 998 g/mol. The Bertz CT molecular complexity index is 3540. The van der Waals surface area contributed by atoms with E-state index in [2.05, 4.69) is 79.7 Å². The van der Waals surface area contributed by atoms with Gasteiger partial charge in [0.2, 0.25) is 0 Å². The Morgan fingerprint density at radius 3 is 2.10 bits per heavy atom. The standard InChI is InChI=1S/C45H34N3O2.C11H8N.Ir/c1-25(2)34-20-30(29-12-7-6-8-13-29)21-35(26(3)4)43(34)48-42-27(5)11-9-16-38(42)47-45(48)33-15-10-14-32-37-23-40-36(22-41(37)50-44(32)33)31-18-17-28(24-46)19-39(31)49-40;1-2-6-10(7-3-1)11-8-4-5-9-12-11;/h6-14,16-23,25-26H,1-5H3;1-6,8-9H;/q2*-1;/i5D3;;. The predicted molar refractivity (Wildman–Crippen MR) is 251 cm³/mol. The smallest absolute Gasteiger partial charge is 0.136 e. The maximum atomic E-state index is 9.42. The number of pyridine rings is 1. The molecule has 309 valence electrons. The first-order chi connectivity index (χ1) is 31.5. The van der Waals surface area contributed by atoms with Crippen LogP contribution < -0.4 is 0 Å². The number of aryl methyl sites for hydroxylation is 1. The van der Waals surface area contributed by atoms with Crippen molar-refractivity contribution in [3.8, 4) is 45.5 Å². The molecule has 11 aromatic rings. The molecule has 0 atom stereocenters. The molecule has 7 aromatic carbocycles. The van der Waals surface area contributed by atoms with Gasteiger partial charge in [-0.2, -0.15) is 5.26 Å². The second kappa shape index (κ2) is 17.0. The van der Waals surface area contributed by atoms with Crippen LogP contribution in [0.3, 0.4) is 0 Å². The van der Waals surface area contributed by atoms with E-state index in [4.69, 9.17) is 17.9 Å². The molecule has 4 aromatic heterocycles. The summed E-state index contributed by atoms with van der Waals surface area (Å²) in [5.74, 6) is 0.740. The van der Waals surface area contributed by atoms with Crippen LogP contribution in [0.2, 0.25) is 0 Å². The summed E-state index contributed by atoms with van der Waals surface area (Å²) < 4.78 is 40.9. The summed E-state index contributed by atoms with van der Waals surface area (Å²) in [5, 5.41) is 12.9. The maximum absolute atomic E-state index is 9.42. The van der Waals surface area contributed by atoms with Gasteiger partial charge >= 0.3 is 0 Å². The largest absolute Gasteiger partial charge is 0.501 e. The van der Waals surface area contributed by atoms with Crippen LogP contribution in [0.15, 0.2) is 161 Å². The third kappa shape index (κ3) is 7.42. The zero-order chi connectivity index (χ0) is 45.0. The van der Waals surface area contributed by atoms with Gasteiger partial charge in [0, 0.05) is 52.3 Å². The van der Waals surface area contributed by atoms with Gasteiger partial charge in [-0.1, -0.05) is 93.2 Å². The molecular formula is C56H42IrN4O2-2. The first kappa shape index (κ1) is 37.6. The van der Waals surface area contributed by atoms with Gasteiger partial charge in [0.1, 0.15) is 16.7 Å². The normalized spacial score (nSPS) is 12.3. The molecule has 0 amide bonds. The predicted octanol–water partition coefficient (Wildman–Crippen LogP) is 14.9. The van der Waals surface area contributed by atoms with Crippen LogP contribution in [0.4, 0.5) is 0 Å². The number of furan rings is 2. The topological polar surface area (TPSA) is 80.8 Å². The number of fused-ring (bicyclic) bond motifs is 7. The van der Waals surface area contributed by atoms with E-state index in [1.165, 1.54) is 0 Å². The van der Waals surface area contributed by atoms with Gasteiger partial charge in [-0.15, -0.1) is 54.1 Å². The molecular weight excluding hydrogens is 953 g/mol. The van der Waals surface area contributed by atoms with E-state index in [-0.39, 0.29) is 37.5 Å². The van der Waals surface area contributed by atoms with Crippen molar-refractivity contribution in [1.29, 1.82) is 5.26 Å². The van der Waals surface area contributed by atoms with Gasteiger partial charge in [0.15, 0.2) is 0 Å². The number of hydrogen-bond donors (Lipinski definition) is 0. The zero-order valence-corrected chi connectivity index (χ0v) is 37.4. The number of para-hydroxylation sites is 1. The van der Waals surface area contributed by atoms with Crippen LogP contribution in [0, 0.1) is 30.3 Å². The van der Waals surface area contributed by atoms with Crippen molar-refractivity contribution in [2.45, 2.75) is 46.4 Å². The quantitative estimate of drug-likeness (QED) is 0.155. The summed E-state index contributed by atoms with van der Waals surface area (Å²) in [6.07, 6.45) is 1.79. The fraction of sp³-hybridized carbons (Fsp3) is 0.125. The summed E-state index contributed by atoms with van der Waals surface area (Å²) in [6, 6.07) is 55.9. The monoisotopic (exact) mass is 998 g/mol. The van der Waals surface area contributed by atoms with E-state index >= 15 is 0 Å². The van der Waals surface area contributed by atoms with E-state index in [1.54, 1.807) is 30.5 Å². The van der Waals surface area contributed by atoms with Gasteiger partial charge in [-0.05, 0) is 107 Å². The van der Waals surface area contributed by atoms with Gasteiger partial charge < -0.3 is 18.4 Å². The van der Waals surface area contributed by atoms with Crippen LogP contribution in [0.5, 0.6) is 0 Å². The summed E-state index contributed by atoms with van der Waals surface area (Å²) in [4.78, 5) is 9.43. The molecule has 0 spiro atoms. The number of rotatable bonds is 6. The number of benzene rings is 7. The van der Waals surface area contributed by atoms with Gasteiger partial charge in [-0.3, -0.25) is 4.98 Å². The number of aromatic nitrogens is 3. The second-order valence-corrected chi connectivity index (χ2v) is 16.1. The van der Waals surface area contributed by atoms with Crippen LogP contribution in [-0.2, 0) is 20.1 Å². The molecule has 0 N–H and O–H groups in total. The van der Waals surface area contributed by atoms with Crippen LogP contribution in [0.1, 0.15) is 65.9 Å². The number of nitrogens with zero attached hydrogens (tertiary/aromatic N) is 4. The second-order valence-electron chi connectivity index (χ2n) is 16.1. The zero-order valence-electron chi connectivity index (χ0n) is 38.0. The first-order valence-electron chi connectivity index (χ1n) is 22.3. The Hall–Kier alpha value is -7.10. The molecule has 0 saturated carbocycles. The van der Waals surface area contributed by atoms with Crippen molar-refractivity contribution in [2.24, 2.45) is 0 Å². The van der Waals surface area contributed by atoms with Gasteiger partial charge in [0.05, 0.1) is 34.1 Å². The van der Waals surface area contributed by atoms with Crippen molar-refractivity contribution in [2.75, 3.05) is 0 Å². The summed E-state index contributed by atoms with van der Waals surface area (Å²) >= 11 is 0. The van der Waals surface area contributed by atoms with Crippen molar-refractivity contribution >= 4 is 54.9 Å². The molecule has 0 saturated heterocycles. The Balaban J connectivity index is 0.000000365. The van der Waals surface area contributed by atoms with E-state index in [0.29, 0.717) is 50.3 Å². The maximum Gasteiger partial charge on any atom is 0.136 e. The summed E-state index contributed by atoms with van der Waals surface area (Å²) in [5.41, 5.74) is 12.4. The molecule has 7 heteroatoms. The van der Waals surface area contributed by atoms with Crippen molar-refractivity contribution in [1.82, 2.24) is 14.5 Å². The van der Waals surface area contributed by atoms with Crippen LogP contribution in [-0.4, -0.2) is 14.5 Å². The Morgan fingerprint density at radius 2 is 1.40 bits per heavy atom. The Labute approximate surface area is 384 Å². The van der Waals surface area contributed by atoms with Crippen molar-refractivity contribution < 1.29 is 33.1 Å². The molecule has 6 nitrogen and oxygen atoms in total. The number of nitriles is 1. The molecule has 0 bridgehead atoms. The minimum absolute atomic E-state index is 0. The van der Waals surface area contributed by atoms with Gasteiger partial charge in [0.25, 0.3) is 0 Å². The molecule has 0 fully saturated rings.